The van der Waals surface area contributed by atoms with Crippen molar-refractivity contribution >= 4 is 11.9 Å². The summed E-state index contributed by atoms with van der Waals surface area (Å²) in [6, 6.07) is 0. The van der Waals surface area contributed by atoms with E-state index in [-0.39, 0.29) is 12.5 Å². The Kier molecular flexibility index (Phi) is 4.29. The highest BCUT2D eigenvalue weighted by molar-refractivity contribution is 5.82. The maximum atomic E-state index is 11.3. The number of hydrogen-bond acceptors (Lipinski definition) is 3. The van der Waals surface area contributed by atoms with Crippen LogP contribution in [0.3, 0.4) is 0 Å². The Morgan fingerprint density at radius 2 is 1.88 bits per heavy atom. The zero-order chi connectivity index (χ0) is 12.2. The van der Waals surface area contributed by atoms with Crippen molar-refractivity contribution in [3.63, 3.8) is 0 Å². The molecule has 0 saturated carbocycles. The van der Waals surface area contributed by atoms with E-state index < -0.39 is 5.97 Å². The van der Waals surface area contributed by atoms with Gasteiger partial charge in [-0.05, 0) is 18.3 Å². The van der Waals surface area contributed by atoms with Gasteiger partial charge in [-0.1, -0.05) is 13.8 Å². The lowest BCUT2D eigenvalue weighted by molar-refractivity contribution is -0.138. The molecule has 92 valence electrons. The molecule has 0 spiro atoms. The molecule has 16 heavy (non-hydrogen) atoms. The molecule has 5 nitrogen and oxygen atoms in total. The lowest BCUT2D eigenvalue weighted by Crippen LogP contribution is -2.58. The number of nitrogens with zero attached hydrogens (tertiary/aromatic N) is 1. The summed E-state index contributed by atoms with van der Waals surface area (Å²) in [5.74, 6) is -1.21. The summed E-state index contributed by atoms with van der Waals surface area (Å²) in [5, 5.41) is 10.8. The molecule has 0 radical (unpaired) electrons. The highest BCUT2D eigenvalue weighted by Crippen LogP contribution is 2.36. The molecule has 1 aliphatic rings. The van der Waals surface area contributed by atoms with Crippen LogP contribution in [0.15, 0.2) is 0 Å². The largest absolute Gasteiger partial charge is 0.480 e. The number of hydrogen-bond donors (Lipinski definition) is 2. The van der Waals surface area contributed by atoms with Crippen molar-refractivity contribution in [3.05, 3.63) is 0 Å². The fourth-order valence-corrected chi connectivity index (χ4v) is 2.14. The first-order valence-electron chi connectivity index (χ1n) is 5.72. The van der Waals surface area contributed by atoms with Crippen molar-refractivity contribution in [2.45, 2.75) is 26.7 Å². The Hall–Kier alpha value is -1.10. The van der Waals surface area contributed by atoms with Crippen LogP contribution in [0.4, 0.5) is 0 Å². The fourth-order valence-electron chi connectivity index (χ4n) is 2.14. The predicted octanol–water partition coefficient (Wildman–Crippen LogP) is 0.309. The van der Waals surface area contributed by atoms with Gasteiger partial charge in [0.2, 0.25) is 5.91 Å². The average molecular weight is 228 g/mol. The van der Waals surface area contributed by atoms with E-state index in [4.69, 9.17) is 5.11 Å². The average Bonchev–Trinajstić information content (AvgIpc) is 2.20. The Balaban J connectivity index is 2.21. The van der Waals surface area contributed by atoms with Gasteiger partial charge in [-0.3, -0.25) is 14.5 Å². The molecule has 1 heterocycles. The third-order valence-electron chi connectivity index (χ3n) is 3.42. The topological polar surface area (TPSA) is 69.6 Å². The molecule has 0 aromatic carbocycles. The van der Waals surface area contributed by atoms with Gasteiger partial charge in [0.25, 0.3) is 0 Å². The van der Waals surface area contributed by atoms with Gasteiger partial charge in [-0.15, -0.1) is 0 Å². The van der Waals surface area contributed by atoms with Gasteiger partial charge >= 0.3 is 5.97 Å². The fraction of sp³-hybridized carbons (Fsp3) is 0.818. The number of carbonyl (C=O) groups excluding carboxylic acids is 1. The van der Waals surface area contributed by atoms with E-state index in [1.807, 2.05) is 0 Å². The van der Waals surface area contributed by atoms with Crippen LogP contribution in [-0.4, -0.2) is 48.1 Å². The molecule has 0 unspecified atom stereocenters. The Labute approximate surface area is 95.8 Å². The molecule has 0 atom stereocenters. The van der Waals surface area contributed by atoms with Crippen molar-refractivity contribution in [1.29, 1.82) is 0 Å². The lowest BCUT2D eigenvalue weighted by Gasteiger charge is -2.49. The van der Waals surface area contributed by atoms with Gasteiger partial charge in [0.1, 0.15) is 6.54 Å². The normalized spacial score (nSPS) is 18.9. The second-order valence-corrected chi connectivity index (χ2v) is 4.52. The maximum Gasteiger partial charge on any atom is 0.322 e. The molecule has 1 rings (SSSR count). The molecule has 0 aromatic heterocycles. The van der Waals surface area contributed by atoms with Gasteiger partial charge in [0.05, 0.1) is 6.54 Å². The molecule has 2 N–H and O–H groups in total. The lowest BCUT2D eigenvalue weighted by atomic mass is 9.75. The predicted molar refractivity (Wildman–Crippen MR) is 60.1 cm³/mol. The van der Waals surface area contributed by atoms with Crippen LogP contribution in [0.5, 0.6) is 0 Å². The van der Waals surface area contributed by atoms with Gasteiger partial charge in [-0.25, -0.2) is 0 Å². The second-order valence-electron chi connectivity index (χ2n) is 4.52. The zero-order valence-electron chi connectivity index (χ0n) is 9.95. The number of carboxylic acids is 1. The van der Waals surface area contributed by atoms with Crippen LogP contribution in [-0.2, 0) is 9.59 Å². The molecular formula is C11H20N2O3. The maximum absolute atomic E-state index is 11.3. The molecule has 5 heteroatoms. The summed E-state index contributed by atoms with van der Waals surface area (Å²) in [7, 11) is 0. The Morgan fingerprint density at radius 1 is 1.31 bits per heavy atom. The molecule has 0 aromatic rings. The Bertz CT molecular complexity index is 266. The number of amides is 1. The highest BCUT2D eigenvalue weighted by atomic mass is 16.4. The third kappa shape index (κ3) is 3.20. The minimum absolute atomic E-state index is 0.205. The van der Waals surface area contributed by atoms with Gasteiger partial charge in [0.15, 0.2) is 0 Å². The summed E-state index contributed by atoms with van der Waals surface area (Å²) in [6.07, 6.45) is 2.27. The minimum atomic E-state index is -1.01. The van der Waals surface area contributed by atoms with Gasteiger partial charge < -0.3 is 10.4 Å². The number of rotatable bonds is 6. The van der Waals surface area contributed by atoms with E-state index in [1.54, 1.807) is 0 Å². The quantitative estimate of drug-likeness (QED) is 0.686. The molecular weight excluding hydrogens is 208 g/mol. The summed E-state index contributed by atoms with van der Waals surface area (Å²) >= 11 is 0. The first kappa shape index (κ1) is 13.0. The van der Waals surface area contributed by atoms with Crippen LogP contribution < -0.4 is 5.32 Å². The Morgan fingerprint density at radius 3 is 2.31 bits per heavy atom. The first-order chi connectivity index (χ1) is 7.51. The van der Waals surface area contributed by atoms with E-state index in [9.17, 15) is 9.59 Å². The molecule has 1 fully saturated rings. The highest BCUT2D eigenvalue weighted by Gasteiger charge is 2.40. The number of likely N-dealkylation sites (tertiary alicyclic amines) is 1. The second kappa shape index (κ2) is 5.30. The summed E-state index contributed by atoms with van der Waals surface area (Å²) in [4.78, 5) is 23.6. The first-order valence-corrected chi connectivity index (χ1v) is 5.72. The van der Waals surface area contributed by atoms with Crippen LogP contribution >= 0.6 is 0 Å². The summed E-state index contributed by atoms with van der Waals surface area (Å²) < 4.78 is 0. The smallest absolute Gasteiger partial charge is 0.322 e. The van der Waals surface area contributed by atoms with Crippen molar-refractivity contribution in [3.8, 4) is 0 Å². The van der Waals surface area contributed by atoms with E-state index in [2.05, 4.69) is 24.1 Å². The SMILES string of the molecule is CCC1(CC)CN(CC(=O)NCC(=O)O)C1. The molecule has 0 aliphatic carbocycles. The van der Waals surface area contributed by atoms with Crippen molar-refractivity contribution in [1.82, 2.24) is 10.2 Å². The van der Waals surface area contributed by atoms with E-state index >= 15 is 0 Å². The van der Waals surface area contributed by atoms with E-state index in [0.29, 0.717) is 12.0 Å². The summed E-state index contributed by atoms with van der Waals surface area (Å²) in [5.41, 5.74) is 0.382. The van der Waals surface area contributed by atoms with E-state index in [1.165, 1.54) is 0 Å². The standard InChI is InChI=1S/C11H20N2O3/c1-3-11(4-2)7-13(8-11)6-9(14)12-5-10(15)16/h3-8H2,1-2H3,(H,12,14)(H,15,16). The van der Waals surface area contributed by atoms with Crippen molar-refractivity contribution in [2.24, 2.45) is 5.41 Å². The zero-order valence-corrected chi connectivity index (χ0v) is 9.95. The van der Waals surface area contributed by atoms with Gasteiger partial charge in [0, 0.05) is 13.1 Å². The summed E-state index contributed by atoms with van der Waals surface area (Å²) in [6.45, 7) is 6.26. The minimum Gasteiger partial charge on any atom is -0.480 e. The van der Waals surface area contributed by atoms with Crippen molar-refractivity contribution in [2.75, 3.05) is 26.2 Å². The molecule has 0 bridgehead atoms. The molecule has 1 aliphatic heterocycles. The molecule has 1 amide bonds. The van der Waals surface area contributed by atoms with Crippen molar-refractivity contribution < 1.29 is 14.7 Å². The van der Waals surface area contributed by atoms with Crippen LogP contribution in [0, 0.1) is 5.41 Å². The number of nitrogens with one attached hydrogen (secondary N) is 1. The molecule has 1 saturated heterocycles. The van der Waals surface area contributed by atoms with Crippen LogP contribution in [0.25, 0.3) is 0 Å². The van der Waals surface area contributed by atoms with Crippen LogP contribution in [0.1, 0.15) is 26.7 Å². The number of carbonyl (C=O) groups is 2. The monoisotopic (exact) mass is 228 g/mol. The van der Waals surface area contributed by atoms with Gasteiger partial charge in [-0.2, -0.15) is 0 Å². The van der Waals surface area contributed by atoms with Crippen LogP contribution in [0.2, 0.25) is 0 Å². The van der Waals surface area contributed by atoms with E-state index in [0.717, 1.165) is 25.9 Å². The third-order valence-corrected chi connectivity index (χ3v) is 3.42. The number of aliphatic carboxylic acids is 1. The number of carboxylic acid groups (broad SMARTS) is 1.